The Morgan fingerprint density at radius 2 is 1.85 bits per heavy atom. The molecule has 2 unspecified atom stereocenters. The number of nitrogens with two attached hydrogens (primary N) is 1. The molecule has 33 heavy (non-hydrogen) atoms. The second-order valence-corrected chi connectivity index (χ2v) is 8.47. The van der Waals surface area contributed by atoms with Crippen molar-refractivity contribution < 1.29 is 43.7 Å². The van der Waals surface area contributed by atoms with Crippen LogP contribution in [0.2, 0.25) is 0 Å². The van der Waals surface area contributed by atoms with Crippen LogP contribution in [0.1, 0.15) is 34.3 Å². The number of rotatable bonds is 1. The molecule has 2 fully saturated rings. The van der Waals surface area contributed by atoms with Crippen LogP contribution in [0.3, 0.4) is 0 Å². The molecule has 3 aliphatic rings. The molecule has 10 nitrogen and oxygen atoms in total. The number of carbonyl (C=O) groups is 6. The number of phenolic OH excluding ortho intramolecular Hbond substituents is 1. The van der Waals surface area contributed by atoms with Gasteiger partial charge in [0.1, 0.15) is 5.75 Å². The zero-order valence-electron chi connectivity index (χ0n) is 17.4. The minimum Gasteiger partial charge on any atom is -0.507 e. The third kappa shape index (κ3) is 3.15. The smallest absolute Gasteiger partial charge is 0.384 e. The van der Waals surface area contributed by atoms with E-state index in [0.29, 0.717) is 5.56 Å². The summed E-state index contributed by atoms with van der Waals surface area (Å²) in [5, 5.41) is 21.5. The lowest BCUT2D eigenvalue weighted by Gasteiger charge is -2.48. The highest BCUT2D eigenvalue weighted by molar-refractivity contribution is 6.31. The molecule has 3 aliphatic carbocycles. The van der Waals surface area contributed by atoms with E-state index in [-0.39, 0.29) is 24.0 Å². The molecule has 0 spiro atoms. The van der Waals surface area contributed by atoms with Crippen LogP contribution in [-0.2, 0) is 35.1 Å². The van der Waals surface area contributed by atoms with Gasteiger partial charge < -0.3 is 20.7 Å². The first-order chi connectivity index (χ1) is 15.5. The highest BCUT2D eigenvalue weighted by Crippen LogP contribution is 2.50. The molecule has 4 rings (SSSR count). The number of aromatic hydroxyl groups is 1. The van der Waals surface area contributed by atoms with Crippen molar-refractivity contribution in [3.05, 3.63) is 28.8 Å². The fourth-order valence-electron chi connectivity index (χ4n) is 5.25. The summed E-state index contributed by atoms with van der Waals surface area (Å²) in [6.45, 7) is 0. The summed E-state index contributed by atoms with van der Waals surface area (Å²) in [7, 11) is 1.15. The molecule has 1 amide bonds. The number of Topliss-reactive ketones (excluding diaryl/α,β-unsaturated/α-hetero) is 4. The van der Waals surface area contributed by atoms with Gasteiger partial charge in [0.15, 0.2) is 34.7 Å². The number of primary amides is 1. The minimum atomic E-state index is -2.69. The van der Waals surface area contributed by atoms with E-state index in [4.69, 9.17) is 5.73 Å². The Labute approximate surface area is 187 Å². The molecule has 170 valence electrons. The summed E-state index contributed by atoms with van der Waals surface area (Å²) >= 11 is 0. The second kappa shape index (κ2) is 7.64. The summed E-state index contributed by atoms with van der Waals surface area (Å²) in [4.78, 5) is 74.9. The van der Waals surface area contributed by atoms with Crippen LogP contribution >= 0.6 is 0 Å². The zero-order chi connectivity index (χ0) is 24.2. The monoisotopic (exact) mass is 453 g/mol. The number of ketones is 4. The maximum atomic E-state index is 13.3. The van der Waals surface area contributed by atoms with Gasteiger partial charge in [0.2, 0.25) is 5.91 Å². The molecule has 0 aromatic heterocycles. The maximum absolute atomic E-state index is 13.3. The standard InChI is InChI=1S/C23H19NO9/c1-33-15(27)5-3-9-2-4-13(25)17-12(9)7-10-6-11-8-14(26)18(22(24)31)21(30)23(11,32)20(29)16(10)19(17)28/h2,4,10-11,16,18,25,32H,6-8H2,1H3,(H2,24,31)/t10-,11+,16?,18?,23+/m1/s1. The van der Waals surface area contributed by atoms with Crippen LogP contribution < -0.4 is 5.73 Å². The van der Waals surface area contributed by atoms with E-state index in [9.17, 15) is 39.0 Å². The van der Waals surface area contributed by atoms with E-state index in [1.54, 1.807) is 0 Å². The van der Waals surface area contributed by atoms with Gasteiger partial charge >= 0.3 is 5.97 Å². The van der Waals surface area contributed by atoms with Gasteiger partial charge in [0.25, 0.3) is 0 Å². The Kier molecular flexibility index (Phi) is 5.17. The average molecular weight is 453 g/mol. The lowest BCUT2D eigenvalue weighted by molar-refractivity contribution is -0.175. The van der Waals surface area contributed by atoms with E-state index in [1.165, 1.54) is 12.1 Å². The van der Waals surface area contributed by atoms with E-state index >= 15 is 0 Å². The van der Waals surface area contributed by atoms with Crippen LogP contribution in [-0.4, -0.2) is 57.9 Å². The van der Waals surface area contributed by atoms with Gasteiger partial charge in [0.05, 0.1) is 18.6 Å². The number of esters is 1. The molecule has 1 aromatic carbocycles. The van der Waals surface area contributed by atoms with E-state index in [0.717, 1.165) is 7.11 Å². The van der Waals surface area contributed by atoms with Gasteiger partial charge in [-0.25, -0.2) is 4.79 Å². The van der Waals surface area contributed by atoms with Crippen LogP contribution in [0.5, 0.6) is 5.75 Å². The summed E-state index contributed by atoms with van der Waals surface area (Å²) in [6, 6.07) is 2.61. The van der Waals surface area contributed by atoms with Crippen molar-refractivity contribution in [2.75, 3.05) is 7.11 Å². The quantitative estimate of drug-likeness (QED) is 0.269. The SMILES string of the molecule is COC(=O)C#Cc1ccc(O)c2c1C[C@H]1C[C@H]3CC(=O)C(C(N)=O)C(=O)[C@@]3(O)C(=O)C1C2=O. The lowest BCUT2D eigenvalue weighted by Crippen LogP contribution is -2.68. The van der Waals surface area contributed by atoms with Crippen LogP contribution in [0.4, 0.5) is 0 Å². The third-order valence-electron chi connectivity index (χ3n) is 6.77. The van der Waals surface area contributed by atoms with Crippen LogP contribution in [0.25, 0.3) is 0 Å². The highest BCUT2D eigenvalue weighted by Gasteiger charge is 2.66. The number of phenols is 1. The predicted molar refractivity (Wildman–Crippen MR) is 107 cm³/mol. The van der Waals surface area contributed by atoms with E-state index in [1.807, 2.05) is 0 Å². The van der Waals surface area contributed by atoms with Gasteiger partial charge in [-0.2, -0.15) is 0 Å². The topological polar surface area (TPSA) is 178 Å². The molecule has 10 heteroatoms. The number of carbonyl (C=O) groups excluding carboxylic acids is 6. The van der Waals surface area contributed by atoms with Crippen molar-refractivity contribution in [1.82, 2.24) is 0 Å². The summed E-state index contributed by atoms with van der Waals surface area (Å²) in [5.74, 6) is -6.86. The highest BCUT2D eigenvalue weighted by atomic mass is 16.5. The third-order valence-corrected chi connectivity index (χ3v) is 6.77. The van der Waals surface area contributed by atoms with Crippen LogP contribution in [0.15, 0.2) is 12.1 Å². The molecular formula is C23H19NO9. The van der Waals surface area contributed by atoms with E-state index in [2.05, 4.69) is 16.6 Å². The molecular weight excluding hydrogens is 434 g/mol. The van der Waals surface area contributed by atoms with Crippen molar-refractivity contribution in [2.45, 2.75) is 24.9 Å². The fourth-order valence-corrected chi connectivity index (χ4v) is 5.25. The van der Waals surface area contributed by atoms with Crippen molar-refractivity contribution in [3.8, 4) is 17.6 Å². The van der Waals surface area contributed by atoms with Crippen molar-refractivity contribution >= 4 is 35.0 Å². The summed E-state index contributed by atoms with van der Waals surface area (Å²) < 4.78 is 4.48. The minimum absolute atomic E-state index is 0.0272. The summed E-state index contributed by atoms with van der Waals surface area (Å²) in [5.41, 5.74) is 2.86. The molecule has 0 radical (unpaired) electrons. The number of aliphatic hydroxyl groups is 1. The largest absolute Gasteiger partial charge is 0.507 e. The predicted octanol–water partition coefficient (Wildman–Crippen LogP) is -1.15. The molecule has 0 aliphatic heterocycles. The average Bonchev–Trinajstić information content (AvgIpc) is 2.75. The van der Waals surface area contributed by atoms with Gasteiger partial charge in [-0.15, -0.1) is 0 Å². The number of benzene rings is 1. The Morgan fingerprint density at radius 3 is 2.48 bits per heavy atom. The van der Waals surface area contributed by atoms with Crippen molar-refractivity contribution in [2.24, 2.45) is 29.4 Å². The zero-order valence-corrected chi connectivity index (χ0v) is 17.4. The van der Waals surface area contributed by atoms with Gasteiger partial charge in [-0.1, -0.05) is 5.92 Å². The molecule has 4 N–H and O–H groups in total. The molecule has 1 aromatic rings. The second-order valence-electron chi connectivity index (χ2n) is 8.47. The molecule has 0 bridgehead atoms. The first kappa shape index (κ1) is 22.4. The normalized spacial score (nSPS) is 30.4. The lowest BCUT2D eigenvalue weighted by atomic mass is 9.53. The van der Waals surface area contributed by atoms with Crippen molar-refractivity contribution in [3.63, 3.8) is 0 Å². The van der Waals surface area contributed by atoms with Crippen LogP contribution in [0, 0.1) is 35.5 Å². The molecule has 0 heterocycles. The Hall–Kier alpha value is -3.84. The molecule has 2 saturated carbocycles. The van der Waals surface area contributed by atoms with Gasteiger partial charge in [-0.05, 0) is 36.5 Å². The summed E-state index contributed by atoms with van der Waals surface area (Å²) in [6.07, 6.45) is -0.368. The van der Waals surface area contributed by atoms with E-state index < -0.39 is 76.5 Å². The number of hydrogen-bond acceptors (Lipinski definition) is 9. The van der Waals surface area contributed by atoms with Gasteiger partial charge in [0, 0.05) is 23.8 Å². The number of amides is 1. The molecule has 0 saturated heterocycles. The fraction of sp³-hybridized carbons (Fsp3) is 0.391. The number of fused-ring (bicyclic) bond motifs is 3. The Morgan fingerprint density at radius 1 is 1.15 bits per heavy atom. The van der Waals surface area contributed by atoms with Crippen molar-refractivity contribution in [1.29, 1.82) is 0 Å². The molecule has 5 atom stereocenters. The van der Waals surface area contributed by atoms with Gasteiger partial charge in [-0.3, -0.25) is 24.0 Å². The first-order valence-electron chi connectivity index (χ1n) is 10.1. The number of methoxy groups -OCH3 is 1. The first-order valence-corrected chi connectivity index (χ1v) is 10.1. The number of ether oxygens (including phenoxy) is 1. The number of hydrogen-bond donors (Lipinski definition) is 3. The maximum Gasteiger partial charge on any atom is 0.384 e. The Bertz CT molecular complexity index is 1220. The Balaban J connectivity index is 1.80.